The molecule has 2 aliphatic rings. The van der Waals surface area contributed by atoms with Gasteiger partial charge < -0.3 is 4.90 Å². The van der Waals surface area contributed by atoms with Gasteiger partial charge in [0.25, 0.3) is 0 Å². The largest absolute Gasteiger partial charge is 0.310 e. The van der Waals surface area contributed by atoms with E-state index < -0.39 is 5.41 Å². The molecule has 1 aliphatic carbocycles. The third-order valence-corrected chi connectivity index (χ3v) is 9.10. The maximum atomic E-state index is 9.96. The smallest absolute Gasteiger partial charge is 0.0991 e. The molecule has 0 fully saturated rings. The molecule has 1 heterocycles. The van der Waals surface area contributed by atoms with Gasteiger partial charge in [0, 0.05) is 5.69 Å². The molecule has 0 amide bonds. The summed E-state index contributed by atoms with van der Waals surface area (Å²) < 4.78 is 0. The molecule has 0 radical (unpaired) electrons. The van der Waals surface area contributed by atoms with Crippen molar-refractivity contribution in [1.82, 2.24) is 0 Å². The van der Waals surface area contributed by atoms with Crippen LogP contribution in [0, 0.1) is 22.7 Å². The molecular weight excluding hydrogens is 534 g/mol. The van der Waals surface area contributed by atoms with Crippen molar-refractivity contribution in [2.45, 2.75) is 5.41 Å². The van der Waals surface area contributed by atoms with E-state index in [9.17, 15) is 10.5 Å². The average Bonchev–Trinajstić information content (AvgIpc) is 3.38. The fraction of sp³-hybridized carbons (Fsp3) is 0.0244. The lowest BCUT2D eigenvalue weighted by atomic mass is 9.64. The zero-order chi connectivity index (χ0) is 29.8. The van der Waals surface area contributed by atoms with E-state index in [4.69, 9.17) is 0 Å². The Labute approximate surface area is 256 Å². The number of hydrogen-bond donors (Lipinski definition) is 0. The fourth-order valence-electron chi connectivity index (χ4n) is 7.18. The van der Waals surface area contributed by atoms with Crippen LogP contribution in [0.2, 0.25) is 0 Å². The molecular formula is C41H25N3. The van der Waals surface area contributed by atoms with Gasteiger partial charge in [0.05, 0.1) is 40.1 Å². The Morgan fingerprint density at radius 3 is 1.50 bits per heavy atom. The molecule has 204 valence electrons. The molecule has 1 spiro atoms. The number of nitriles is 2. The third kappa shape index (κ3) is 3.48. The summed E-state index contributed by atoms with van der Waals surface area (Å²) in [7, 11) is 0. The van der Waals surface area contributed by atoms with Crippen LogP contribution in [0.25, 0.3) is 28.3 Å². The van der Waals surface area contributed by atoms with Crippen LogP contribution in [0.1, 0.15) is 38.9 Å². The predicted octanol–water partition coefficient (Wildman–Crippen LogP) is 9.89. The summed E-state index contributed by atoms with van der Waals surface area (Å²) in [6.07, 6.45) is 1.86. The van der Waals surface area contributed by atoms with Crippen molar-refractivity contribution in [3.05, 3.63) is 179 Å². The highest BCUT2D eigenvalue weighted by Gasteiger charge is 2.51. The zero-order valence-electron chi connectivity index (χ0n) is 23.8. The van der Waals surface area contributed by atoms with Crippen LogP contribution in [0.4, 0.5) is 17.1 Å². The van der Waals surface area contributed by atoms with E-state index in [1.54, 1.807) is 0 Å². The van der Waals surface area contributed by atoms with Gasteiger partial charge in [-0.05, 0) is 98.6 Å². The lowest BCUT2D eigenvalue weighted by Crippen LogP contribution is -2.36. The van der Waals surface area contributed by atoms with Crippen molar-refractivity contribution in [2.24, 2.45) is 0 Å². The van der Waals surface area contributed by atoms with E-state index in [1.165, 1.54) is 0 Å². The minimum Gasteiger partial charge on any atom is -0.310 e. The van der Waals surface area contributed by atoms with Gasteiger partial charge in [0.15, 0.2) is 0 Å². The zero-order valence-corrected chi connectivity index (χ0v) is 23.8. The maximum Gasteiger partial charge on any atom is 0.0991 e. The van der Waals surface area contributed by atoms with Crippen LogP contribution >= 0.6 is 0 Å². The van der Waals surface area contributed by atoms with Gasteiger partial charge in [-0.15, -0.1) is 0 Å². The molecule has 3 nitrogen and oxygen atoms in total. The van der Waals surface area contributed by atoms with Gasteiger partial charge in [-0.25, -0.2) is 0 Å². The highest BCUT2D eigenvalue weighted by Crippen LogP contribution is 2.63. The van der Waals surface area contributed by atoms with Crippen molar-refractivity contribution in [3.63, 3.8) is 0 Å². The van der Waals surface area contributed by atoms with Gasteiger partial charge in [-0.3, -0.25) is 0 Å². The molecule has 0 saturated carbocycles. The molecule has 0 atom stereocenters. The minimum absolute atomic E-state index is 0.616. The number of hydrogen-bond acceptors (Lipinski definition) is 3. The van der Waals surface area contributed by atoms with Crippen LogP contribution in [-0.2, 0) is 5.41 Å². The van der Waals surface area contributed by atoms with Crippen molar-refractivity contribution in [2.75, 3.05) is 4.90 Å². The summed E-state index contributed by atoms with van der Waals surface area (Å²) in [6, 6.07) is 50.9. The highest BCUT2D eigenvalue weighted by molar-refractivity contribution is 5.96. The van der Waals surface area contributed by atoms with Crippen LogP contribution in [-0.4, -0.2) is 0 Å². The van der Waals surface area contributed by atoms with Gasteiger partial charge in [0.1, 0.15) is 0 Å². The van der Waals surface area contributed by atoms with Gasteiger partial charge >= 0.3 is 0 Å². The van der Waals surface area contributed by atoms with Crippen LogP contribution in [0.15, 0.2) is 140 Å². The van der Waals surface area contributed by atoms with Crippen molar-refractivity contribution >= 4 is 23.1 Å². The highest BCUT2D eigenvalue weighted by atomic mass is 15.2. The monoisotopic (exact) mass is 559 g/mol. The molecule has 44 heavy (non-hydrogen) atoms. The average molecular weight is 560 g/mol. The lowest BCUT2D eigenvalue weighted by molar-refractivity contribution is 0.752. The molecule has 6 aromatic rings. The summed E-state index contributed by atoms with van der Waals surface area (Å²) in [5.74, 6) is 0. The first kappa shape index (κ1) is 25.5. The second-order valence-electron chi connectivity index (χ2n) is 11.2. The van der Waals surface area contributed by atoms with Gasteiger partial charge in [0.2, 0.25) is 0 Å². The Kier molecular flexibility index (Phi) is 5.63. The lowest BCUT2D eigenvalue weighted by Gasteiger charge is -2.45. The van der Waals surface area contributed by atoms with E-state index in [-0.39, 0.29) is 0 Å². The summed E-state index contributed by atoms with van der Waals surface area (Å²) in [5.41, 5.74) is 13.7. The molecule has 0 unspecified atom stereocenters. The molecule has 1 aliphatic heterocycles. The normalized spacial score (nSPS) is 13.2. The SMILES string of the molecule is C=Cc1ccc(-c2ccc(N3c4ccccc4C4(c5cc(C#N)ccc5-c5ccc(C#N)cc54)c4ccccc43)cc2)cc1. The predicted molar refractivity (Wildman–Crippen MR) is 177 cm³/mol. The Morgan fingerprint density at radius 2 is 1.02 bits per heavy atom. The Balaban J connectivity index is 1.39. The van der Waals surface area contributed by atoms with Crippen molar-refractivity contribution < 1.29 is 0 Å². The van der Waals surface area contributed by atoms with Crippen molar-refractivity contribution in [1.29, 1.82) is 10.5 Å². The number of rotatable bonds is 3. The van der Waals surface area contributed by atoms with E-state index in [0.717, 1.165) is 67.1 Å². The minimum atomic E-state index is -0.694. The maximum absolute atomic E-state index is 9.96. The van der Waals surface area contributed by atoms with Gasteiger partial charge in [-0.1, -0.05) is 97.6 Å². The number of benzene rings is 6. The van der Waals surface area contributed by atoms with Gasteiger partial charge in [-0.2, -0.15) is 10.5 Å². The Bertz CT molecular complexity index is 2100. The molecule has 0 bridgehead atoms. The van der Waals surface area contributed by atoms with Crippen LogP contribution in [0.5, 0.6) is 0 Å². The Morgan fingerprint density at radius 1 is 0.545 bits per heavy atom. The molecule has 0 saturated heterocycles. The first-order chi connectivity index (χ1) is 21.7. The summed E-state index contributed by atoms with van der Waals surface area (Å²) in [5, 5.41) is 19.9. The van der Waals surface area contributed by atoms with E-state index in [1.807, 2.05) is 30.3 Å². The molecule has 0 N–H and O–H groups in total. The number of fused-ring (bicyclic) bond motifs is 9. The molecule has 8 rings (SSSR count). The second kappa shape index (κ2) is 9.70. The quantitative estimate of drug-likeness (QED) is 0.216. The van der Waals surface area contributed by atoms with E-state index >= 15 is 0 Å². The van der Waals surface area contributed by atoms with Crippen molar-refractivity contribution in [3.8, 4) is 34.4 Å². The summed E-state index contributed by atoms with van der Waals surface area (Å²) in [4.78, 5) is 2.33. The first-order valence-electron chi connectivity index (χ1n) is 14.6. The summed E-state index contributed by atoms with van der Waals surface area (Å²) >= 11 is 0. The number of anilines is 3. The van der Waals surface area contributed by atoms with E-state index in [0.29, 0.717) is 11.1 Å². The Hall–Kier alpha value is -6.16. The standard InChI is InChI=1S/C41H25N3/c1-2-27-11-15-30(16-12-27)31-17-19-32(20-18-31)44-39-9-5-3-7-35(39)41(36-8-4-6-10-40(36)44)37-23-28(25-42)13-21-33(37)34-22-14-29(26-43)24-38(34)41/h2-24H,1H2. The van der Waals surface area contributed by atoms with Crippen LogP contribution in [0.3, 0.4) is 0 Å². The molecule has 3 heteroatoms. The topological polar surface area (TPSA) is 50.8 Å². The first-order valence-corrected chi connectivity index (χ1v) is 14.6. The molecule has 0 aromatic heterocycles. The second-order valence-corrected chi connectivity index (χ2v) is 11.2. The number of para-hydroxylation sites is 2. The van der Waals surface area contributed by atoms with E-state index in [2.05, 4.69) is 133 Å². The van der Waals surface area contributed by atoms with Crippen LogP contribution < -0.4 is 4.90 Å². The molecule has 6 aromatic carbocycles. The third-order valence-electron chi connectivity index (χ3n) is 9.10. The fourth-order valence-corrected chi connectivity index (χ4v) is 7.18. The summed E-state index contributed by atoms with van der Waals surface area (Å²) in [6.45, 7) is 3.87. The number of nitrogens with zero attached hydrogens (tertiary/aromatic N) is 3.